The highest BCUT2D eigenvalue weighted by atomic mass is 32.2. The second-order valence-corrected chi connectivity index (χ2v) is 7.44. The van der Waals surface area contributed by atoms with E-state index in [4.69, 9.17) is 4.52 Å². The molecule has 0 saturated heterocycles. The number of thioether (sulfide) groups is 1. The van der Waals surface area contributed by atoms with Crippen molar-refractivity contribution >= 4 is 17.7 Å². The topological polar surface area (TPSA) is 68.0 Å². The molecular formula is C18H23N3O2S. The molecule has 0 radical (unpaired) electrons. The van der Waals surface area contributed by atoms with Crippen molar-refractivity contribution in [2.75, 3.05) is 5.75 Å². The van der Waals surface area contributed by atoms with Crippen LogP contribution in [0.15, 0.2) is 28.8 Å². The summed E-state index contributed by atoms with van der Waals surface area (Å²) in [6, 6.07) is 8.39. The first kappa shape index (κ1) is 17.0. The van der Waals surface area contributed by atoms with E-state index in [2.05, 4.69) is 46.6 Å². The van der Waals surface area contributed by atoms with Crippen LogP contribution in [0.25, 0.3) is 0 Å². The number of nitrogens with one attached hydrogen (secondary N) is 1. The molecule has 0 bridgehead atoms. The molecule has 0 aliphatic heterocycles. The second-order valence-electron chi connectivity index (χ2n) is 6.46. The highest BCUT2D eigenvalue weighted by Gasteiger charge is 2.41. The lowest BCUT2D eigenvalue weighted by Crippen LogP contribution is -2.45. The highest BCUT2D eigenvalue weighted by Crippen LogP contribution is 2.37. The Hall–Kier alpha value is -1.82. The lowest BCUT2D eigenvalue weighted by molar-refractivity contribution is -0.120. The van der Waals surface area contributed by atoms with Gasteiger partial charge in [0, 0.05) is 12.7 Å². The Balaban J connectivity index is 1.56. The maximum Gasteiger partial charge on any atom is 0.230 e. The van der Waals surface area contributed by atoms with E-state index in [9.17, 15) is 4.79 Å². The normalized spacial score (nSPS) is 16.2. The summed E-state index contributed by atoms with van der Waals surface area (Å²) in [5.74, 6) is 2.47. The first-order chi connectivity index (χ1) is 11.6. The number of rotatable bonds is 6. The molecule has 5 nitrogen and oxygen atoms in total. The monoisotopic (exact) mass is 345 g/mol. The first-order valence-electron chi connectivity index (χ1n) is 8.32. The highest BCUT2D eigenvalue weighted by molar-refractivity contribution is 7.99. The molecule has 6 heteroatoms. The molecule has 1 fully saturated rings. The van der Waals surface area contributed by atoms with Gasteiger partial charge in [0.15, 0.2) is 5.82 Å². The van der Waals surface area contributed by atoms with E-state index in [-0.39, 0.29) is 5.91 Å². The smallest absolute Gasteiger partial charge is 0.230 e. The van der Waals surface area contributed by atoms with Crippen LogP contribution in [0.2, 0.25) is 0 Å². The third-order valence-electron chi connectivity index (χ3n) is 4.38. The number of nitrogens with zero attached hydrogens (tertiary/aromatic N) is 2. The summed E-state index contributed by atoms with van der Waals surface area (Å²) in [5.41, 5.74) is 2.05. The fourth-order valence-electron chi connectivity index (χ4n) is 3.24. The molecule has 1 heterocycles. The van der Waals surface area contributed by atoms with Crippen LogP contribution in [0.1, 0.15) is 48.5 Å². The van der Waals surface area contributed by atoms with Gasteiger partial charge in [-0.05, 0) is 25.3 Å². The van der Waals surface area contributed by atoms with Crippen molar-refractivity contribution in [3.63, 3.8) is 0 Å². The van der Waals surface area contributed by atoms with Gasteiger partial charge in [-0.3, -0.25) is 4.79 Å². The number of aryl methyl sites for hydroxylation is 2. The summed E-state index contributed by atoms with van der Waals surface area (Å²) in [5, 5.41) is 7.23. The Kier molecular flexibility index (Phi) is 5.23. The molecule has 1 amide bonds. The first-order valence-corrected chi connectivity index (χ1v) is 9.48. The quantitative estimate of drug-likeness (QED) is 0.868. The van der Waals surface area contributed by atoms with Gasteiger partial charge in [0.1, 0.15) is 5.54 Å². The van der Waals surface area contributed by atoms with E-state index >= 15 is 0 Å². The van der Waals surface area contributed by atoms with Crippen LogP contribution >= 0.6 is 11.8 Å². The molecule has 2 aromatic rings. The number of carbonyl (C=O) groups excluding carboxylic acids is 1. The number of hydrogen-bond donors (Lipinski definition) is 1. The van der Waals surface area contributed by atoms with Gasteiger partial charge in [0.2, 0.25) is 11.8 Å². The van der Waals surface area contributed by atoms with Crippen LogP contribution in [-0.4, -0.2) is 21.8 Å². The molecule has 3 rings (SSSR count). The van der Waals surface area contributed by atoms with Gasteiger partial charge in [0.05, 0.1) is 5.75 Å². The molecule has 1 aromatic heterocycles. The maximum absolute atomic E-state index is 12.4. The standard InChI is InChI=1S/C18H23N3O2S/c1-13-6-5-7-15(10-13)11-24-12-16(22)20-18(8-3-4-9-18)17-19-14(2)23-21-17/h5-7,10H,3-4,8-9,11-12H2,1-2H3,(H,20,22). The number of carbonyl (C=O) groups is 1. The summed E-state index contributed by atoms with van der Waals surface area (Å²) in [7, 11) is 0. The van der Waals surface area contributed by atoms with Crippen molar-refractivity contribution in [1.29, 1.82) is 0 Å². The van der Waals surface area contributed by atoms with Crippen LogP contribution in [0, 0.1) is 13.8 Å². The average molecular weight is 345 g/mol. The Morgan fingerprint density at radius 2 is 2.12 bits per heavy atom. The lowest BCUT2D eigenvalue weighted by Gasteiger charge is -2.26. The minimum atomic E-state index is -0.446. The van der Waals surface area contributed by atoms with Gasteiger partial charge in [-0.1, -0.05) is 47.8 Å². The van der Waals surface area contributed by atoms with Gasteiger partial charge >= 0.3 is 0 Å². The molecule has 1 aliphatic rings. The largest absolute Gasteiger partial charge is 0.343 e. The van der Waals surface area contributed by atoms with Crippen LogP contribution in [0.5, 0.6) is 0 Å². The minimum absolute atomic E-state index is 0.0389. The van der Waals surface area contributed by atoms with Crippen molar-refractivity contribution in [2.45, 2.75) is 50.8 Å². The summed E-state index contributed by atoms with van der Waals surface area (Å²) >= 11 is 1.63. The molecule has 1 aliphatic carbocycles. The van der Waals surface area contributed by atoms with E-state index in [1.54, 1.807) is 18.7 Å². The van der Waals surface area contributed by atoms with Crippen LogP contribution < -0.4 is 5.32 Å². The number of hydrogen-bond acceptors (Lipinski definition) is 5. The van der Waals surface area contributed by atoms with Gasteiger partial charge < -0.3 is 9.84 Å². The van der Waals surface area contributed by atoms with E-state index < -0.39 is 5.54 Å². The van der Waals surface area contributed by atoms with Gasteiger partial charge in [-0.15, -0.1) is 11.8 Å². The van der Waals surface area contributed by atoms with Crippen LogP contribution in [0.3, 0.4) is 0 Å². The number of benzene rings is 1. The number of aromatic nitrogens is 2. The zero-order valence-corrected chi connectivity index (χ0v) is 15.0. The fourth-order valence-corrected chi connectivity index (χ4v) is 4.02. The third kappa shape index (κ3) is 3.98. The Morgan fingerprint density at radius 1 is 1.33 bits per heavy atom. The number of amides is 1. The zero-order chi connectivity index (χ0) is 17.0. The molecule has 24 heavy (non-hydrogen) atoms. The third-order valence-corrected chi connectivity index (χ3v) is 5.38. The van der Waals surface area contributed by atoms with E-state index in [1.807, 2.05) is 0 Å². The van der Waals surface area contributed by atoms with Crippen molar-refractivity contribution in [1.82, 2.24) is 15.5 Å². The van der Waals surface area contributed by atoms with Crippen molar-refractivity contribution in [2.24, 2.45) is 0 Å². The summed E-state index contributed by atoms with van der Waals surface area (Å²) in [6.45, 7) is 3.86. The summed E-state index contributed by atoms with van der Waals surface area (Å²) < 4.78 is 5.12. The zero-order valence-electron chi connectivity index (χ0n) is 14.2. The maximum atomic E-state index is 12.4. The Labute approximate surface area is 146 Å². The van der Waals surface area contributed by atoms with Crippen LogP contribution in [-0.2, 0) is 16.1 Å². The fraction of sp³-hybridized carbons (Fsp3) is 0.500. The average Bonchev–Trinajstić information content (AvgIpc) is 3.17. The van der Waals surface area contributed by atoms with Crippen molar-refractivity contribution in [3.8, 4) is 0 Å². The molecule has 1 aromatic carbocycles. The van der Waals surface area contributed by atoms with Gasteiger partial charge in [-0.25, -0.2) is 0 Å². The molecular weight excluding hydrogens is 322 g/mol. The lowest BCUT2D eigenvalue weighted by atomic mass is 9.96. The molecule has 1 saturated carbocycles. The van der Waals surface area contributed by atoms with Gasteiger partial charge in [-0.2, -0.15) is 4.98 Å². The summed E-state index contributed by atoms with van der Waals surface area (Å²) in [6.07, 6.45) is 3.90. The molecule has 0 unspecified atom stereocenters. The second kappa shape index (κ2) is 7.38. The van der Waals surface area contributed by atoms with Crippen molar-refractivity contribution < 1.29 is 9.32 Å². The Bertz CT molecular complexity index is 708. The molecule has 0 spiro atoms. The summed E-state index contributed by atoms with van der Waals surface area (Å²) in [4.78, 5) is 16.8. The Morgan fingerprint density at radius 3 is 2.79 bits per heavy atom. The predicted molar refractivity (Wildman–Crippen MR) is 94.7 cm³/mol. The molecule has 0 atom stereocenters. The molecule has 1 N–H and O–H groups in total. The molecule has 128 valence electrons. The van der Waals surface area contributed by atoms with Gasteiger partial charge in [0.25, 0.3) is 0 Å². The SMILES string of the molecule is Cc1cccc(CSCC(=O)NC2(c3noc(C)n3)CCCC2)c1. The van der Waals surface area contributed by atoms with E-state index in [0.717, 1.165) is 31.4 Å². The van der Waals surface area contributed by atoms with E-state index in [1.165, 1.54) is 11.1 Å². The van der Waals surface area contributed by atoms with E-state index in [0.29, 0.717) is 17.5 Å². The van der Waals surface area contributed by atoms with Crippen LogP contribution in [0.4, 0.5) is 0 Å². The van der Waals surface area contributed by atoms with Crippen molar-refractivity contribution in [3.05, 3.63) is 47.1 Å². The minimum Gasteiger partial charge on any atom is -0.343 e. The predicted octanol–water partition coefficient (Wildman–Crippen LogP) is 3.51.